The lowest BCUT2D eigenvalue weighted by molar-refractivity contribution is 0.0675. The van der Waals surface area contributed by atoms with Crippen molar-refractivity contribution in [2.24, 2.45) is 5.10 Å². The molecule has 0 radical (unpaired) electrons. The molecule has 0 N–H and O–H groups in total. The summed E-state index contributed by atoms with van der Waals surface area (Å²) in [5, 5.41) is 6.34. The van der Waals surface area contributed by atoms with Crippen molar-refractivity contribution in [2.75, 3.05) is 20.8 Å². The highest BCUT2D eigenvalue weighted by molar-refractivity contribution is 6.03. The summed E-state index contributed by atoms with van der Waals surface area (Å²) < 4.78 is 29.1. The van der Waals surface area contributed by atoms with Gasteiger partial charge in [-0.25, -0.2) is 9.80 Å². The van der Waals surface area contributed by atoms with Gasteiger partial charge in [0.05, 0.1) is 27.0 Å². The molecular weight excluding hydrogens is 596 g/mol. The molecule has 2 aliphatic rings. The zero-order valence-electron chi connectivity index (χ0n) is 25.9. The SMILES string of the molecule is CCOc1ccc2c(c1)Oc1cc(OC(=O)c3ccccc3OC)ccc1C21c2ccccc2C(=O)N1/N=C/c1ccccc1OC. The minimum Gasteiger partial charge on any atom is -0.496 e. The number of fused-ring (bicyclic) bond motifs is 6. The van der Waals surface area contributed by atoms with Crippen molar-refractivity contribution in [1.29, 1.82) is 0 Å². The molecule has 1 atom stereocenters. The molecule has 1 spiro atoms. The number of carbonyl (C=O) groups is 2. The number of rotatable bonds is 8. The van der Waals surface area contributed by atoms with Crippen LogP contribution in [0, 0.1) is 0 Å². The Bertz CT molecular complexity index is 2060. The number of amides is 1. The molecule has 0 saturated heterocycles. The number of hydrazone groups is 1. The second-order valence-electron chi connectivity index (χ2n) is 10.8. The quantitative estimate of drug-likeness (QED) is 0.102. The standard InChI is InChI=1S/C38H30N2O7/c1-4-45-25-17-19-30-34(21-25)47-35-22-26(46-37(42)28-13-7-10-16-33(28)44-3)18-20-31(35)38(30)29-14-8-6-12-27(29)36(41)40(38)39-23-24-11-5-9-15-32(24)43-2/h5-23H,4H2,1-3H3/b39-23+. The minimum atomic E-state index is -1.23. The number of hydrogen-bond acceptors (Lipinski definition) is 8. The maximum atomic E-state index is 14.3. The molecular formula is C38H30N2O7. The lowest BCUT2D eigenvalue weighted by atomic mass is 9.75. The van der Waals surface area contributed by atoms with Crippen LogP contribution in [0.5, 0.6) is 34.5 Å². The summed E-state index contributed by atoms with van der Waals surface area (Å²) in [7, 11) is 3.08. The van der Waals surface area contributed by atoms with E-state index in [1.807, 2.05) is 61.5 Å². The van der Waals surface area contributed by atoms with Crippen LogP contribution in [-0.2, 0) is 5.54 Å². The predicted octanol–water partition coefficient (Wildman–Crippen LogP) is 7.21. The summed E-state index contributed by atoms with van der Waals surface area (Å²) in [4.78, 5) is 27.5. The van der Waals surface area contributed by atoms with E-state index in [9.17, 15) is 9.59 Å². The molecule has 47 heavy (non-hydrogen) atoms. The Hall–Kier alpha value is -6.09. The van der Waals surface area contributed by atoms with Crippen molar-refractivity contribution < 1.29 is 33.3 Å². The summed E-state index contributed by atoms with van der Waals surface area (Å²) in [6.45, 7) is 2.36. The summed E-state index contributed by atoms with van der Waals surface area (Å²) in [5.41, 5.74) is 2.32. The molecule has 0 aliphatic carbocycles. The van der Waals surface area contributed by atoms with Crippen molar-refractivity contribution in [2.45, 2.75) is 12.5 Å². The first-order valence-electron chi connectivity index (χ1n) is 15.1. The first-order valence-corrected chi connectivity index (χ1v) is 15.1. The molecule has 7 rings (SSSR count). The Labute approximate surface area is 271 Å². The Morgan fingerprint density at radius 2 is 1.43 bits per heavy atom. The van der Waals surface area contributed by atoms with E-state index in [0.717, 1.165) is 5.56 Å². The largest absolute Gasteiger partial charge is 0.496 e. The maximum Gasteiger partial charge on any atom is 0.347 e. The fourth-order valence-corrected chi connectivity index (χ4v) is 6.25. The number of hydrogen-bond donors (Lipinski definition) is 0. The molecule has 2 heterocycles. The summed E-state index contributed by atoms with van der Waals surface area (Å²) in [6, 6.07) is 32.4. The van der Waals surface area contributed by atoms with E-state index in [4.69, 9.17) is 28.8 Å². The summed E-state index contributed by atoms with van der Waals surface area (Å²) in [5.74, 6) is 1.85. The highest BCUT2D eigenvalue weighted by atomic mass is 16.5. The number of methoxy groups -OCH3 is 2. The minimum absolute atomic E-state index is 0.251. The van der Waals surface area contributed by atoms with E-state index in [1.54, 1.807) is 67.9 Å². The van der Waals surface area contributed by atoms with Gasteiger partial charge in [-0.1, -0.05) is 42.5 Å². The van der Waals surface area contributed by atoms with Gasteiger partial charge in [-0.2, -0.15) is 5.10 Å². The number of ether oxygens (including phenoxy) is 5. The Kier molecular flexibility index (Phi) is 7.57. The molecule has 0 fully saturated rings. The highest BCUT2D eigenvalue weighted by Gasteiger charge is 2.57. The number of benzene rings is 5. The van der Waals surface area contributed by atoms with Crippen LogP contribution in [0.2, 0.25) is 0 Å². The monoisotopic (exact) mass is 626 g/mol. The average molecular weight is 627 g/mol. The van der Waals surface area contributed by atoms with Crippen LogP contribution in [0.1, 0.15) is 49.9 Å². The van der Waals surface area contributed by atoms with Gasteiger partial charge in [0, 0.05) is 39.9 Å². The van der Waals surface area contributed by atoms with Crippen molar-refractivity contribution in [1.82, 2.24) is 5.01 Å². The molecule has 0 saturated carbocycles. The average Bonchev–Trinajstić information content (AvgIpc) is 3.35. The van der Waals surface area contributed by atoms with E-state index in [2.05, 4.69) is 0 Å². The molecule has 9 heteroatoms. The Morgan fingerprint density at radius 1 is 0.787 bits per heavy atom. The van der Waals surface area contributed by atoms with Crippen LogP contribution < -0.4 is 23.7 Å². The molecule has 5 aromatic rings. The number of para-hydroxylation sites is 2. The molecule has 1 amide bonds. The number of nitrogens with zero attached hydrogens (tertiary/aromatic N) is 2. The van der Waals surface area contributed by atoms with E-state index in [1.165, 1.54) is 12.1 Å². The highest BCUT2D eigenvalue weighted by Crippen LogP contribution is 2.58. The number of carbonyl (C=O) groups excluding carboxylic acids is 2. The van der Waals surface area contributed by atoms with Crippen molar-refractivity contribution in [3.05, 3.63) is 143 Å². The molecule has 2 aliphatic heterocycles. The van der Waals surface area contributed by atoms with Gasteiger partial charge >= 0.3 is 5.97 Å². The van der Waals surface area contributed by atoms with E-state index < -0.39 is 11.5 Å². The fraction of sp³-hybridized carbons (Fsp3) is 0.132. The van der Waals surface area contributed by atoms with Crippen LogP contribution in [0.3, 0.4) is 0 Å². The maximum absolute atomic E-state index is 14.3. The van der Waals surface area contributed by atoms with Crippen molar-refractivity contribution in [3.8, 4) is 34.5 Å². The van der Waals surface area contributed by atoms with Gasteiger partial charge in [-0.3, -0.25) is 4.79 Å². The van der Waals surface area contributed by atoms with Crippen LogP contribution in [-0.4, -0.2) is 43.9 Å². The summed E-state index contributed by atoms with van der Waals surface area (Å²) in [6.07, 6.45) is 1.62. The van der Waals surface area contributed by atoms with Gasteiger partial charge in [0.2, 0.25) is 0 Å². The molecule has 234 valence electrons. The van der Waals surface area contributed by atoms with Gasteiger partial charge in [0.15, 0.2) is 0 Å². The normalized spacial score (nSPS) is 15.9. The third-order valence-corrected chi connectivity index (χ3v) is 8.26. The van der Waals surface area contributed by atoms with Crippen molar-refractivity contribution in [3.63, 3.8) is 0 Å². The van der Waals surface area contributed by atoms with Crippen LogP contribution in [0.4, 0.5) is 0 Å². The third kappa shape index (κ3) is 4.84. The molecule has 5 aromatic carbocycles. The van der Waals surface area contributed by atoms with E-state index in [0.29, 0.717) is 57.6 Å². The predicted molar refractivity (Wildman–Crippen MR) is 175 cm³/mol. The van der Waals surface area contributed by atoms with Gasteiger partial charge in [-0.05, 0) is 61.5 Å². The second-order valence-corrected chi connectivity index (χ2v) is 10.8. The first-order chi connectivity index (χ1) is 23.0. The van der Waals surface area contributed by atoms with Crippen molar-refractivity contribution >= 4 is 18.1 Å². The fourth-order valence-electron chi connectivity index (χ4n) is 6.25. The molecule has 9 nitrogen and oxygen atoms in total. The van der Waals surface area contributed by atoms with Gasteiger partial charge < -0.3 is 23.7 Å². The Morgan fingerprint density at radius 3 is 2.17 bits per heavy atom. The topological polar surface area (TPSA) is 95.9 Å². The molecule has 0 bridgehead atoms. The first kappa shape index (κ1) is 29.6. The zero-order valence-corrected chi connectivity index (χ0v) is 25.9. The van der Waals surface area contributed by atoms with Crippen LogP contribution in [0.25, 0.3) is 0 Å². The van der Waals surface area contributed by atoms with Gasteiger partial charge in [0.1, 0.15) is 45.6 Å². The van der Waals surface area contributed by atoms with Crippen LogP contribution in [0.15, 0.2) is 114 Å². The lowest BCUT2D eigenvalue weighted by Crippen LogP contribution is -2.44. The second kappa shape index (κ2) is 12.0. The smallest absolute Gasteiger partial charge is 0.347 e. The third-order valence-electron chi connectivity index (χ3n) is 8.26. The van der Waals surface area contributed by atoms with Gasteiger partial charge in [-0.15, -0.1) is 0 Å². The van der Waals surface area contributed by atoms with E-state index in [-0.39, 0.29) is 17.2 Å². The van der Waals surface area contributed by atoms with E-state index >= 15 is 0 Å². The lowest BCUT2D eigenvalue weighted by Gasteiger charge is -2.41. The summed E-state index contributed by atoms with van der Waals surface area (Å²) >= 11 is 0. The van der Waals surface area contributed by atoms with Gasteiger partial charge in [0.25, 0.3) is 5.91 Å². The Balaban J connectivity index is 1.42. The molecule has 0 aromatic heterocycles. The molecule has 1 unspecified atom stereocenters. The van der Waals surface area contributed by atoms with Crippen LogP contribution >= 0.6 is 0 Å². The zero-order chi connectivity index (χ0) is 32.5. The number of esters is 1.